The number of hydrogen-bond acceptors (Lipinski definition) is 8. The lowest BCUT2D eigenvalue weighted by atomic mass is 9.69. The number of carbonyl (C=O) groups excluding carboxylic acids is 3. The minimum absolute atomic E-state index is 0.00322. The van der Waals surface area contributed by atoms with Crippen LogP contribution >= 0.6 is 11.6 Å². The molecule has 0 aromatic heterocycles. The number of esters is 2. The second kappa shape index (κ2) is 10.1. The fourth-order valence-corrected chi connectivity index (χ4v) is 4.75. The average Bonchev–Trinajstić information content (AvgIpc) is 2.79. The first-order valence-corrected chi connectivity index (χ1v) is 11.5. The standard InChI is InChI=1S/C25H30ClNO7/c1-7-12(3)34-25(31)19-13(4)27-16-8-11(2)18(24(30)33-6)23(29)21(16)20(19)14-9-15(26)22(28)17(10-14)32-5/h9-12,18,20,27-28H,7-8H2,1-6H3/t11-,12+,18-,20-/m1/s1. The third-order valence-electron chi connectivity index (χ3n) is 6.45. The number of phenols is 1. The second-order valence-electron chi connectivity index (χ2n) is 8.71. The third-order valence-corrected chi connectivity index (χ3v) is 6.74. The first-order valence-electron chi connectivity index (χ1n) is 11.2. The number of phenolic OH excluding ortho intramolecular Hbond substituents is 1. The maximum absolute atomic E-state index is 13.7. The van der Waals surface area contributed by atoms with E-state index in [0.717, 1.165) is 0 Å². The molecule has 1 heterocycles. The molecule has 34 heavy (non-hydrogen) atoms. The van der Waals surface area contributed by atoms with Crippen molar-refractivity contribution in [2.75, 3.05) is 14.2 Å². The summed E-state index contributed by atoms with van der Waals surface area (Å²) in [5, 5.41) is 13.5. The zero-order chi connectivity index (χ0) is 25.3. The summed E-state index contributed by atoms with van der Waals surface area (Å²) >= 11 is 6.27. The summed E-state index contributed by atoms with van der Waals surface area (Å²) in [5.41, 5.74) is 2.13. The van der Waals surface area contributed by atoms with Crippen molar-refractivity contribution < 1.29 is 33.7 Å². The van der Waals surface area contributed by atoms with Crippen molar-refractivity contribution in [1.82, 2.24) is 5.32 Å². The summed E-state index contributed by atoms with van der Waals surface area (Å²) in [4.78, 5) is 39.6. The Morgan fingerprint density at radius 3 is 2.56 bits per heavy atom. The molecule has 0 bridgehead atoms. The predicted molar refractivity (Wildman–Crippen MR) is 125 cm³/mol. The monoisotopic (exact) mass is 491 g/mol. The molecular weight excluding hydrogens is 462 g/mol. The molecule has 0 unspecified atom stereocenters. The highest BCUT2D eigenvalue weighted by atomic mass is 35.5. The number of ether oxygens (including phenoxy) is 3. The molecule has 0 radical (unpaired) electrons. The van der Waals surface area contributed by atoms with Crippen LogP contribution in [0.25, 0.3) is 0 Å². The fraction of sp³-hybridized carbons (Fsp3) is 0.480. The smallest absolute Gasteiger partial charge is 0.337 e. The molecular formula is C25H30ClNO7. The largest absolute Gasteiger partial charge is 0.503 e. The Hall–Kier alpha value is -3.00. The minimum atomic E-state index is -1.01. The van der Waals surface area contributed by atoms with Crippen LogP contribution in [0.4, 0.5) is 0 Å². The zero-order valence-corrected chi connectivity index (χ0v) is 20.9. The van der Waals surface area contributed by atoms with Gasteiger partial charge < -0.3 is 24.6 Å². The van der Waals surface area contributed by atoms with E-state index in [9.17, 15) is 19.5 Å². The van der Waals surface area contributed by atoms with Gasteiger partial charge in [0.1, 0.15) is 5.92 Å². The Morgan fingerprint density at radius 2 is 1.97 bits per heavy atom. The van der Waals surface area contributed by atoms with Gasteiger partial charge in [-0.2, -0.15) is 0 Å². The zero-order valence-electron chi connectivity index (χ0n) is 20.2. The number of ketones is 1. The molecule has 1 aliphatic heterocycles. The van der Waals surface area contributed by atoms with Gasteiger partial charge in [-0.15, -0.1) is 0 Å². The van der Waals surface area contributed by atoms with Crippen molar-refractivity contribution >= 4 is 29.3 Å². The number of benzene rings is 1. The Labute approximate surface area is 203 Å². The molecule has 184 valence electrons. The number of dihydropyridines is 1. The van der Waals surface area contributed by atoms with E-state index in [1.54, 1.807) is 13.8 Å². The number of Topliss-reactive ketones (excluding diaryl/α,β-unsaturated/α-hetero) is 1. The van der Waals surface area contributed by atoms with Gasteiger partial charge in [-0.05, 0) is 50.3 Å². The van der Waals surface area contributed by atoms with Gasteiger partial charge in [0.2, 0.25) is 0 Å². The molecule has 8 nitrogen and oxygen atoms in total. The topological polar surface area (TPSA) is 111 Å². The van der Waals surface area contributed by atoms with Crippen LogP contribution in [0.5, 0.6) is 11.5 Å². The highest BCUT2D eigenvalue weighted by Crippen LogP contribution is 2.48. The molecule has 9 heteroatoms. The quantitative estimate of drug-likeness (QED) is 0.453. The highest BCUT2D eigenvalue weighted by molar-refractivity contribution is 6.32. The number of carbonyl (C=O) groups is 3. The Morgan fingerprint density at radius 1 is 1.29 bits per heavy atom. The third kappa shape index (κ3) is 4.51. The van der Waals surface area contributed by atoms with Gasteiger partial charge in [0, 0.05) is 22.9 Å². The van der Waals surface area contributed by atoms with Crippen molar-refractivity contribution in [3.05, 3.63) is 45.3 Å². The van der Waals surface area contributed by atoms with Crippen LogP contribution in [0.3, 0.4) is 0 Å². The molecule has 0 saturated heterocycles. The summed E-state index contributed by atoms with van der Waals surface area (Å²) in [7, 11) is 2.62. The number of allylic oxidation sites excluding steroid dienone is 3. The van der Waals surface area contributed by atoms with E-state index < -0.39 is 29.6 Å². The Kier molecular flexibility index (Phi) is 7.60. The summed E-state index contributed by atoms with van der Waals surface area (Å²) < 4.78 is 15.8. The lowest BCUT2D eigenvalue weighted by molar-refractivity contribution is -0.151. The van der Waals surface area contributed by atoms with Gasteiger partial charge in [-0.25, -0.2) is 4.79 Å². The first-order chi connectivity index (χ1) is 16.0. The summed E-state index contributed by atoms with van der Waals surface area (Å²) in [5.74, 6) is -3.99. The van der Waals surface area contributed by atoms with E-state index in [4.69, 9.17) is 25.8 Å². The number of hydrogen-bond donors (Lipinski definition) is 2. The lowest BCUT2D eigenvalue weighted by Crippen LogP contribution is -2.43. The number of methoxy groups -OCH3 is 2. The van der Waals surface area contributed by atoms with Crippen molar-refractivity contribution in [2.24, 2.45) is 11.8 Å². The van der Waals surface area contributed by atoms with E-state index in [-0.39, 0.29) is 39.7 Å². The molecule has 1 aliphatic carbocycles. The number of halogens is 1. The Bertz CT molecular complexity index is 1090. The van der Waals surface area contributed by atoms with Crippen LogP contribution in [0.1, 0.15) is 52.0 Å². The number of nitrogens with one attached hydrogen (secondary N) is 1. The van der Waals surface area contributed by atoms with E-state index in [1.807, 2.05) is 13.8 Å². The summed E-state index contributed by atoms with van der Waals surface area (Å²) in [6.45, 7) is 7.23. The van der Waals surface area contributed by atoms with Gasteiger partial charge >= 0.3 is 11.9 Å². The van der Waals surface area contributed by atoms with Gasteiger partial charge in [-0.3, -0.25) is 9.59 Å². The normalized spacial score (nSPS) is 23.1. The molecule has 3 rings (SSSR count). The average molecular weight is 492 g/mol. The molecule has 2 N–H and O–H groups in total. The van der Waals surface area contributed by atoms with Crippen molar-refractivity contribution in [3.8, 4) is 11.5 Å². The molecule has 1 aromatic rings. The maximum Gasteiger partial charge on any atom is 0.337 e. The molecule has 0 spiro atoms. The van der Waals surface area contributed by atoms with Gasteiger partial charge in [0.05, 0.1) is 30.9 Å². The van der Waals surface area contributed by atoms with Gasteiger partial charge in [0.15, 0.2) is 17.3 Å². The van der Waals surface area contributed by atoms with E-state index >= 15 is 0 Å². The van der Waals surface area contributed by atoms with E-state index in [2.05, 4.69) is 5.32 Å². The number of aromatic hydroxyl groups is 1. The minimum Gasteiger partial charge on any atom is -0.503 e. The van der Waals surface area contributed by atoms with Gasteiger partial charge in [-0.1, -0.05) is 25.4 Å². The van der Waals surface area contributed by atoms with Crippen molar-refractivity contribution in [1.29, 1.82) is 0 Å². The highest BCUT2D eigenvalue weighted by Gasteiger charge is 2.47. The van der Waals surface area contributed by atoms with Crippen LogP contribution in [0.15, 0.2) is 34.7 Å². The maximum atomic E-state index is 13.7. The molecule has 1 aromatic carbocycles. The second-order valence-corrected chi connectivity index (χ2v) is 9.12. The van der Waals surface area contributed by atoms with Crippen LogP contribution in [-0.2, 0) is 23.9 Å². The fourth-order valence-electron chi connectivity index (χ4n) is 4.53. The summed E-state index contributed by atoms with van der Waals surface area (Å²) in [6, 6.07) is 3.02. The van der Waals surface area contributed by atoms with Crippen LogP contribution < -0.4 is 10.1 Å². The number of rotatable bonds is 6. The SMILES string of the molecule is CC[C@H](C)OC(=O)C1=C(C)NC2=C(C(=O)[C@H](C(=O)OC)[C@H](C)C2)[C@@H]1c1cc(Cl)c(O)c(OC)c1. The van der Waals surface area contributed by atoms with Crippen molar-refractivity contribution in [3.63, 3.8) is 0 Å². The van der Waals surface area contributed by atoms with Crippen molar-refractivity contribution in [2.45, 2.75) is 52.6 Å². The summed E-state index contributed by atoms with van der Waals surface area (Å²) in [6.07, 6.45) is 0.682. The van der Waals surface area contributed by atoms with Crippen LogP contribution in [-0.4, -0.2) is 43.2 Å². The molecule has 0 fully saturated rings. The predicted octanol–water partition coefficient (Wildman–Crippen LogP) is 4.01. The molecule has 2 aliphatic rings. The van der Waals surface area contributed by atoms with Gasteiger partial charge in [0.25, 0.3) is 0 Å². The molecule has 0 amide bonds. The first kappa shape index (κ1) is 25.6. The van der Waals surface area contributed by atoms with E-state index in [1.165, 1.54) is 26.4 Å². The lowest BCUT2D eigenvalue weighted by Gasteiger charge is -2.38. The van der Waals surface area contributed by atoms with Crippen LogP contribution in [0, 0.1) is 11.8 Å². The Balaban J connectivity index is 2.25. The van der Waals surface area contributed by atoms with E-state index in [0.29, 0.717) is 29.8 Å². The molecule has 4 atom stereocenters. The molecule has 0 saturated carbocycles. The van der Waals surface area contributed by atoms with Crippen LogP contribution in [0.2, 0.25) is 5.02 Å².